The summed E-state index contributed by atoms with van der Waals surface area (Å²) in [7, 11) is 0. The summed E-state index contributed by atoms with van der Waals surface area (Å²) in [5, 5.41) is 12.5. The van der Waals surface area contributed by atoms with Crippen LogP contribution < -0.4 is 10.4 Å². The molecule has 0 aliphatic heterocycles. The number of rotatable bonds is 5. The van der Waals surface area contributed by atoms with Gasteiger partial charge in [-0.2, -0.15) is 0 Å². The number of carbonyl (C=O) groups excluding carboxylic acids is 1. The standard InChI is InChI=1S/C6H13NO2/c1-2-3-4-7-5-6(8)9/h7H,2-5H2,1H3,(H,8,9)/p-1. The first-order valence-electron chi connectivity index (χ1n) is 3.18. The second-order valence-electron chi connectivity index (χ2n) is 1.90. The molecule has 9 heavy (non-hydrogen) atoms. The first-order valence-corrected chi connectivity index (χ1v) is 3.18. The number of aliphatic carboxylic acids is 1. The third-order valence-corrected chi connectivity index (χ3v) is 0.976. The second-order valence-corrected chi connectivity index (χ2v) is 1.90. The normalized spacial score (nSPS) is 9.44. The molecule has 3 nitrogen and oxygen atoms in total. The van der Waals surface area contributed by atoms with Gasteiger partial charge in [-0.1, -0.05) is 13.3 Å². The lowest BCUT2D eigenvalue weighted by Gasteiger charge is -2.02. The van der Waals surface area contributed by atoms with Crippen LogP contribution in [-0.2, 0) is 4.79 Å². The predicted molar refractivity (Wildman–Crippen MR) is 32.8 cm³/mol. The molecule has 3 heteroatoms. The van der Waals surface area contributed by atoms with Gasteiger partial charge in [0, 0.05) is 6.54 Å². The highest BCUT2D eigenvalue weighted by Crippen LogP contribution is 1.80. The molecule has 0 heterocycles. The third kappa shape index (κ3) is 7.43. The molecule has 0 radical (unpaired) electrons. The molecular weight excluding hydrogens is 118 g/mol. The molecule has 0 bridgehead atoms. The molecule has 0 aliphatic carbocycles. The Balaban J connectivity index is 2.83. The number of nitrogens with one attached hydrogen (secondary N) is 1. The summed E-state index contributed by atoms with van der Waals surface area (Å²) in [4.78, 5) is 9.79. The van der Waals surface area contributed by atoms with Gasteiger partial charge in [0.05, 0.1) is 5.97 Å². The van der Waals surface area contributed by atoms with Crippen molar-refractivity contribution in [3.05, 3.63) is 0 Å². The first kappa shape index (κ1) is 8.43. The van der Waals surface area contributed by atoms with E-state index in [1.807, 2.05) is 0 Å². The van der Waals surface area contributed by atoms with Gasteiger partial charge in [0.1, 0.15) is 0 Å². The summed E-state index contributed by atoms with van der Waals surface area (Å²) in [5.41, 5.74) is 0. The number of carboxylic acids is 1. The summed E-state index contributed by atoms with van der Waals surface area (Å²) in [6.07, 6.45) is 2.10. The SMILES string of the molecule is CCCCNCC(=O)[O-]. The fourth-order valence-electron chi connectivity index (χ4n) is 0.492. The number of hydrogen-bond acceptors (Lipinski definition) is 3. The quantitative estimate of drug-likeness (QED) is 0.492. The summed E-state index contributed by atoms with van der Waals surface area (Å²) < 4.78 is 0. The average Bonchev–Trinajstić information content (AvgIpc) is 1.80. The Bertz CT molecular complexity index is 83.1. The average molecular weight is 130 g/mol. The van der Waals surface area contributed by atoms with Crippen molar-refractivity contribution < 1.29 is 9.90 Å². The van der Waals surface area contributed by atoms with Crippen LogP contribution in [0, 0.1) is 0 Å². The maximum Gasteiger partial charge on any atom is 0.0552 e. The fourth-order valence-corrected chi connectivity index (χ4v) is 0.492. The Kier molecular flexibility index (Phi) is 5.21. The van der Waals surface area contributed by atoms with E-state index in [9.17, 15) is 9.90 Å². The summed E-state index contributed by atoms with van der Waals surface area (Å²) >= 11 is 0. The smallest absolute Gasteiger partial charge is 0.0552 e. The molecule has 0 aromatic carbocycles. The van der Waals surface area contributed by atoms with Gasteiger partial charge in [-0.25, -0.2) is 0 Å². The lowest BCUT2D eigenvalue weighted by atomic mass is 10.3. The second kappa shape index (κ2) is 5.56. The van der Waals surface area contributed by atoms with Crippen molar-refractivity contribution in [2.75, 3.05) is 13.1 Å². The van der Waals surface area contributed by atoms with Crippen molar-refractivity contribution in [3.8, 4) is 0 Å². The number of unbranched alkanes of at least 4 members (excludes halogenated alkanes) is 1. The third-order valence-electron chi connectivity index (χ3n) is 0.976. The van der Waals surface area contributed by atoms with Crippen molar-refractivity contribution in [3.63, 3.8) is 0 Å². The zero-order chi connectivity index (χ0) is 7.11. The molecule has 54 valence electrons. The summed E-state index contributed by atoms with van der Waals surface area (Å²) in [5.74, 6) is -1.04. The van der Waals surface area contributed by atoms with Crippen molar-refractivity contribution in [1.29, 1.82) is 0 Å². The van der Waals surface area contributed by atoms with Crippen LogP contribution in [0.1, 0.15) is 19.8 Å². The van der Waals surface area contributed by atoms with E-state index >= 15 is 0 Å². The highest BCUT2D eigenvalue weighted by atomic mass is 16.4. The molecule has 0 saturated carbocycles. The summed E-state index contributed by atoms with van der Waals surface area (Å²) in [6.45, 7) is 2.80. The van der Waals surface area contributed by atoms with Crippen molar-refractivity contribution in [1.82, 2.24) is 5.32 Å². The minimum absolute atomic E-state index is 0.0278. The Labute approximate surface area is 55.1 Å². The highest BCUT2D eigenvalue weighted by molar-refractivity contribution is 5.66. The Hall–Kier alpha value is -0.570. The van der Waals surface area contributed by atoms with Crippen LogP contribution in [0.15, 0.2) is 0 Å². The molecule has 0 unspecified atom stereocenters. The van der Waals surface area contributed by atoms with E-state index in [-0.39, 0.29) is 6.54 Å². The molecule has 0 aliphatic rings. The van der Waals surface area contributed by atoms with Gasteiger partial charge in [0.2, 0.25) is 0 Å². The minimum Gasteiger partial charge on any atom is -0.549 e. The topological polar surface area (TPSA) is 52.2 Å². The summed E-state index contributed by atoms with van der Waals surface area (Å²) in [6, 6.07) is 0. The van der Waals surface area contributed by atoms with E-state index in [2.05, 4.69) is 12.2 Å². The van der Waals surface area contributed by atoms with Crippen LogP contribution in [-0.4, -0.2) is 19.1 Å². The van der Waals surface area contributed by atoms with Crippen LogP contribution in [0.5, 0.6) is 0 Å². The van der Waals surface area contributed by atoms with Crippen molar-refractivity contribution in [2.24, 2.45) is 0 Å². The van der Waals surface area contributed by atoms with Crippen LogP contribution in [0.4, 0.5) is 0 Å². The highest BCUT2D eigenvalue weighted by Gasteiger charge is 1.83. The number of carboxylic acid groups (broad SMARTS) is 1. The van der Waals surface area contributed by atoms with Crippen molar-refractivity contribution >= 4 is 5.97 Å². The van der Waals surface area contributed by atoms with E-state index in [1.54, 1.807) is 0 Å². The maximum atomic E-state index is 9.79. The molecule has 0 aromatic rings. The predicted octanol–water partition coefficient (Wildman–Crippen LogP) is -0.874. The van der Waals surface area contributed by atoms with E-state index in [0.29, 0.717) is 0 Å². The molecule has 0 spiro atoms. The van der Waals surface area contributed by atoms with Gasteiger partial charge in [-0.3, -0.25) is 0 Å². The fraction of sp³-hybridized carbons (Fsp3) is 0.833. The maximum absolute atomic E-state index is 9.79. The van der Waals surface area contributed by atoms with Crippen LogP contribution >= 0.6 is 0 Å². The molecule has 0 aromatic heterocycles. The van der Waals surface area contributed by atoms with E-state index in [1.165, 1.54) is 0 Å². The van der Waals surface area contributed by atoms with Crippen LogP contribution in [0.2, 0.25) is 0 Å². The lowest BCUT2D eigenvalue weighted by Crippen LogP contribution is -2.34. The van der Waals surface area contributed by atoms with Gasteiger partial charge in [0.25, 0.3) is 0 Å². The number of carbonyl (C=O) groups is 1. The monoisotopic (exact) mass is 130 g/mol. The molecular formula is C6H12NO2-. The molecule has 0 rings (SSSR count). The van der Waals surface area contributed by atoms with E-state index in [0.717, 1.165) is 19.4 Å². The van der Waals surface area contributed by atoms with Gasteiger partial charge in [-0.15, -0.1) is 0 Å². The first-order chi connectivity index (χ1) is 4.27. The molecule has 0 saturated heterocycles. The minimum atomic E-state index is -1.04. The Morgan fingerprint density at radius 3 is 2.78 bits per heavy atom. The van der Waals surface area contributed by atoms with Crippen LogP contribution in [0.25, 0.3) is 0 Å². The van der Waals surface area contributed by atoms with Gasteiger partial charge in [0.15, 0.2) is 0 Å². The van der Waals surface area contributed by atoms with Gasteiger partial charge >= 0.3 is 0 Å². The zero-order valence-corrected chi connectivity index (χ0v) is 5.64. The molecule has 0 amide bonds. The van der Waals surface area contributed by atoms with Crippen LogP contribution in [0.3, 0.4) is 0 Å². The largest absolute Gasteiger partial charge is 0.549 e. The molecule has 0 atom stereocenters. The van der Waals surface area contributed by atoms with E-state index < -0.39 is 5.97 Å². The van der Waals surface area contributed by atoms with Gasteiger partial charge < -0.3 is 15.2 Å². The lowest BCUT2D eigenvalue weighted by molar-refractivity contribution is -0.304. The Morgan fingerprint density at radius 1 is 1.67 bits per heavy atom. The molecule has 1 N–H and O–H groups in total. The number of hydrogen-bond donors (Lipinski definition) is 1. The van der Waals surface area contributed by atoms with Gasteiger partial charge in [-0.05, 0) is 13.0 Å². The van der Waals surface area contributed by atoms with Crippen molar-refractivity contribution in [2.45, 2.75) is 19.8 Å². The van der Waals surface area contributed by atoms with E-state index in [4.69, 9.17) is 0 Å². The zero-order valence-electron chi connectivity index (χ0n) is 5.64. The Morgan fingerprint density at radius 2 is 2.33 bits per heavy atom. The molecule has 0 fully saturated rings.